The molecule has 70 valence electrons. The van der Waals surface area contributed by atoms with Crippen molar-refractivity contribution in [3.8, 4) is 0 Å². The van der Waals surface area contributed by atoms with Gasteiger partial charge in [0.25, 0.3) is 0 Å². The predicted molar refractivity (Wildman–Crippen MR) is 44.5 cm³/mol. The number of rotatable bonds is 2. The Balaban J connectivity index is 2.58. The fourth-order valence-electron chi connectivity index (χ4n) is 1.55. The largest absolute Gasteiger partial charge is 0.465 e. The summed E-state index contributed by atoms with van der Waals surface area (Å²) in [5.41, 5.74) is 0. The van der Waals surface area contributed by atoms with Gasteiger partial charge in [-0.1, -0.05) is 20.3 Å². The predicted octanol–water partition coefficient (Wildman–Crippen LogP) is 0.956. The van der Waals surface area contributed by atoms with Crippen molar-refractivity contribution < 1.29 is 14.6 Å². The van der Waals surface area contributed by atoms with Gasteiger partial charge in [0.1, 0.15) is 0 Å². The summed E-state index contributed by atoms with van der Waals surface area (Å²) in [6, 6.07) is 0. The number of carbonyl (C=O) groups excluding carboxylic acids is 1. The molecule has 1 aliphatic rings. The van der Waals surface area contributed by atoms with Crippen LogP contribution in [0.15, 0.2) is 0 Å². The summed E-state index contributed by atoms with van der Waals surface area (Å²) in [6.07, 6.45) is 1.12. The van der Waals surface area contributed by atoms with Crippen molar-refractivity contribution in [2.24, 2.45) is 11.8 Å². The number of cyclic esters (lactones) is 1. The Bertz CT molecular complexity index is 167. The summed E-state index contributed by atoms with van der Waals surface area (Å²) in [5.74, 6) is -0.444. The first-order valence-corrected chi connectivity index (χ1v) is 4.51. The van der Waals surface area contributed by atoms with E-state index in [1.165, 1.54) is 0 Å². The van der Waals surface area contributed by atoms with Crippen LogP contribution >= 0.6 is 0 Å². The summed E-state index contributed by atoms with van der Waals surface area (Å²) < 4.78 is 4.93. The van der Waals surface area contributed by atoms with Crippen LogP contribution < -0.4 is 0 Å². The molecule has 12 heavy (non-hydrogen) atoms. The summed E-state index contributed by atoms with van der Waals surface area (Å²) in [4.78, 5) is 11.2. The monoisotopic (exact) mass is 172 g/mol. The van der Waals surface area contributed by atoms with Crippen LogP contribution in [0.2, 0.25) is 0 Å². The molecule has 3 heteroatoms. The van der Waals surface area contributed by atoms with Gasteiger partial charge in [0, 0.05) is 5.92 Å². The second kappa shape index (κ2) is 3.90. The van der Waals surface area contributed by atoms with Gasteiger partial charge in [-0.05, 0) is 6.42 Å². The van der Waals surface area contributed by atoms with Gasteiger partial charge < -0.3 is 9.84 Å². The Morgan fingerprint density at radius 3 is 2.92 bits per heavy atom. The Kier molecular flexibility index (Phi) is 3.09. The van der Waals surface area contributed by atoms with E-state index >= 15 is 0 Å². The smallest absolute Gasteiger partial charge is 0.311 e. The summed E-state index contributed by atoms with van der Waals surface area (Å²) in [7, 11) is 0. The topological polar surface area (TPSA) is 46.5 Å². The molecular formula is C9H16O3. The van der Waals surface area contributed by atoms with Crippen molar-refractivity contribution in [3.63, 3.8) is 0 Å². The van der Waals surface area contributed by atoms with Crippen LogP contribution in [0, 0.1) is 11.8 Å². The SMILES string of the molecule is CCC[C@@H]1C(=O)OC[C@H](C)[C@H]1O. The molecule has 0 radical (unpaired) electrons. The summed E-state index contributed by atoms with van der Waals surface area (Å²) in [6.45, 7) is 4.26. The zero-order valence-corrected chi connectivity index (χ0v) is 7.62. The maximum absolute atomic E-state index is 11.2. The van der Waals surface area contributed by atoms with E-state index in [2.05, 4.69) is 0 Å². The molecule has 0 spiro atoms. The molecule has 0 unspecified atom stereocenters. The minimum Gasteiger partial charge on any atom is -0.465 e. The van der Waals surface area contributed by atoms with Crippen molar-refractivity contribution in [2.45, 2.75) is 32.8 Å². The summed E-state index contributed by atoms with van der Waals surface area (Å²) in [5, 5.41) is 9.64. The van der Waals surface area contributed by atoms with Crippen LogP contribution in [0.5, 0.6) is 0 Å². The standard InChI is InChI=1S/C9H16O3/c1-3-4-7-8(10)6(2)5-12-9(7)11/h6-8,10H,3-5H2,1-2H3/t6-,7-,8+/m0/s1. The number of esters is 1. The van der Waals surface area contributed by atoms with Crippen LogP contribution in [-0.2, 0) is 9.53 Å². The van der Waals surface area contributed by atoms with Crippen molar-refractivity contribution in [3.05, 3.63) is 0 Å². The quantitative estimate of drug-likeness (QED) is 0.631. The molecule has 1 N–H and O–H groups in total. The van der Waals surface area contributed by atoms with Gasteiger partial charge in [-0.25, -0.2) is 0 Å². The van der Waals surface area contributed by atoms with Gasteiger partial charge in [-0.3, -0.25) is 4.79 Å². The molecule has 0 aromatic carbocycles. The Morgan fingerprint density at radius 2 is 2.33 bits per heavy atom. The van der Waals surface area contributed by atoms with Gasteiger partial charge in [-0.2, -0.15) is 0 Å². The molecule has 0 bridgehead atoms. The van der Waals surface area contributed by atoms with Gasteiger partial charge in [0.05, 0.1) is 18.6 Å². The van der Waals surface area contributed by atoms with Gasteiger partial charge in [0.2, 0.25) is 0 Å². The Hall–Kier alpha value is -0.570. The van der Waals surface area contributed by atoms with E-state index in [1.807, 2.05) is 13.8 Å². The fraction of sp³-hybridized carbons (Fsp3) is 0.889. The number of ether oxygens (including phenoxy) is 1. The second-order valence-electron chi connectivity index (χ2n) is 3.49. The lowest BCUT2D eigenvalue weighted by Gasteiger charge is -2.31. The highest BCUT2D eigenvalue weighted by molar-refractivity contribution is 5.73. The minimum absolute atomic E-state index is 0.0826. The molecule has 1 aliphatic heterocycles. The van der Waals surface area contributed by atoms with E-state index in [9.17, 15) is 9.90 Å². The van der Waals surface area contributed by atoms with Crippen molar-refractivity contribution in [1.29, 1.82) is 0 Å². The first-order valence-electron chi connectivity index (χ1n) is 4.51. The van der Waals surface area contributed by atoms with Crippen LogP contribution in [0.25, 0.3) is 0 Å². The second-order valence-corrected chi connectivity index (χ2v) is 3.49. The molecular weight excluding hydrogens is 156 g/mol. The first-order chi connectivity index (χ1) is 5.66. The Labute approximate surface area is 72.7 Å². The van der Waals surface area contributed by atoms with E-state index in [0.717, 1.165) is 12.8 Å². The van der Waals surface area contributed by atoms with Gasteiger partial charge in [-0.15, -0.1) is 0 Å². The molecule has 1 fully saturated rings. The normalized spacial score (nSPS) is 36.2. The summed E-state index contributed by atoms with van der Waals surface area (Å²) >= 11 is 0. The van der Waals surface area contributed by atoms with E-state index < -0.39 is 6.10 Å². The van der Waals surface area contributed by atoms with E-state index in [1.54, 1.807) is 0 Å². The van der Waals surface area contributed by atoms with Crippen molar-refractivity contribution >= 4 is 5.97 Å². The van der Waals surface area contributed by atoms with Crippen LogP contribution in [0.3, 0.4) is 0 Å². The minimum atomic E-state index is -0.508. The third kappa shape index (κ3) is 1.78. The number of aliphatic hydroxyl groups is 1. The highest BCUT2D eigenvalue weighted by Gasteiger charge is 2.36. The van der Waals surface area contributed by atoms with E-state index in [0.29, 0.717) is 6.61 Å². The molecule has 0 saturated carbocycles. The fourth-order valence-corrected chi connectivity index (χ4v) is 1.55. The molecule has 3 nitrogen and oxygen atoms in total. The first kappa shape index (κ1) is 9.52. The average Bonchev–Trinajstić information content (AvgIpc) is 2.06. The van der Waals surface area contributed by atoms with Crippen LogP contribution in [0.1, 0.15) is 26.7 Å². The Morgan fingerprint density at radius 1 is 1.67 bits per heavy atom. The van der Waals surface area contributed by atoms with Crippen molar-refractivity contribution in [2.75, 3.05) is 6.61 Å². The van der Waals surface area contributed by atoms with Gasteiger partial charge in [0.15, 0.2) is 0 Å². The van der Waals surface area contributed by atoms with Gasteiger partial charge >= 0.3 is 5.97 Å². The molecule has 0 aromatic rings. The number of hydrogen-bond donors (Lipinski definition) is 1. The maximum atomic E-state index is 11.2. The third-order valence-corrected chi connectivity index (χ3v) is 2.39. The number of carbonyl (C=O) groups is 1. The lowest BCUT2D eigenvalue weighted by atomic mass is 9.87. The molecule has 1 saturated heterocycles. The lowest BCUT2D eigenvalue weighted by Crippen LogP contribution is -2.42. The number of aliphatic hydroxyl groups excluding tert-OH is 1. The van der Waals surface area contributed by atoms with Crippen LogP contribution in [0.4, 0.5) is 0 Å². The zero-order chi connectivity index (χ0) is 9.14. The molecule has 1 heterocycles. The average molecular weight is 172 g/mol. The highest BCUT2D eigenvalue weighted by atomic mass is 16.5. The molecule has 0 aromatic heterocycles. The molecule has 1 rings (SSSR count). The molecule has 0 amide bonds. The lowest BCUT2D eigenvalue weighted by molar-refractivity contribution is -0.166. The number of hydrogen-bond acceptors (Lipinski definition) is 3. The van der Waals surface area contributed by atoms with Crippen molar-refractivity contribution in [1.82, 2.24) is 0 Å². The highest BCUT2D eigenvalue weighted by Crippen LogP contribution is 2.24. The van der Waals surface area contributed by atoms with Crippen LogP contribution in [-0.4, -0.2) is 23.8 Å². The molecule has 3 atom stereocenters. The third-order valence-electron chi connectivity index (χ3n) is 2.39. The van der Waals surface area contributed by atoms with E-state index in [-0.39, 0.29) is 17.8 Å². The molecule has 0 aliphatic carbocycles. The zero-order valence-electron chi connectivity index (χ0n) is 7.62. The maximum Gasteiger partial charge on any atom is 0.311 e. The van der Waals surface area contributed by atoms with E-state index in [4.69, 9.17) is 4.74 Å².